The molecule has 0 spiro atoms. The molecular weight excluding hydrogens is 396 g/mol. The number of carbonyl (C=O) groups excluding carboxylic acids is 1. The van der Waals surface area contributed by atoms with Crippen LogP contribution in [0.2, 0.25) is 0 Å². The third-order valence-corrected chi connectivity index (χ3v) is 7.67. The quantitative estimate of drug-likeness (QED) is 0.425. The summed E-state index contributed by atoms with van der Waals surface area (Å²) in [7, 11) is 0. The van der Waals surface area contributed by atoms with Gasteiger partial charge in [0.2, 0.25) is 0 Å². The van der Waals surface area contributed by atoms with Gasteiger partial charge in [-0.15, -0.1) is 0 Å². The Morgan fingerprint density at radius 2 is 1.50 bits per heavy atom. The van der Waals surface area contributed by atoms with Gasteiger partial charge in [-0.3, -0.25) is 0 Å². The monoisotopic (exact) mass is 430 g/mol. The van der Waals surface area contributed by atoms with Gasteiger partial charge in [0.25, 0.3) is 0 Å². The van der Waals surface area contributed by atoms with Crippen molar-refractivity contribution in [2.24, 2.45) is 17.8 Å². The molecule has 0 saturated heterocycles. The van der Waals surface area contributed by atoms with E-state index < -0.39 is 5.60 Å². The number of hydrogen-bond acceptors (Lipinski definition) is 3. The summed E-state index contributed by atoms with van der Waals surface area (Å²) in [5, 5.41) is 10.8. The van der Waals surface area contributed by atoms with Crippen LogP contribution in [0.3, 0.4) is 0 Å². The molecule has 3 nitrogen and oxygen atoms in total. The Bertz CT molecular complexity index is 1000. The predicted molar refractivity (Wildman–Crippen MR) is 128 cm³/mol. The maximum atomic E-state index is 11.9. The normalized spacial score (nSPS) is 28.9. The average Bonchev–Trinajstić information content (AvgIpc) is 2.71. The summed E-state index contributed by atoms with van der Waals surface area (Å²) >= 11 is 0. The van der Waals surface area contributed by atoms with Crippen LogP contribution in [0.15, 0.2) is 48.5 Å². The van der Waals surface area contributed by atoms with E-state index in [-0.39, 0.29) is 11.4 Å². The zero-order valence-electron chi connectivity index (χ0n) is 19.4. The second-order valence-electron chi connectivity index (χ2n) is 11.4. The molecule has 0 atom stereocenters. The van der Waals surface area contributed by atoms with Gasteiger partial charge in [0.05, 0.1) is 0 Å². The molecule has 4 saturated carbocycles. The summed E-state index contributed by atoms with van der Waals surface area (Å²) in [5.74, 6) is 2.67. The minimum atomic E-state index is -0.488. The molecule has 1 N–H and O–H groups in total. The molecule has 4 aliphatic carbocycles. The van der Waals surface area contributed by atoms with E-state index in [2.05, 4.69) is 18.2 Å². The Morgan fingerprint density at radius 1 is 0.938 bits per heavy atom. The van der Waals surface area contributed by atoms with E-state index in [9.17, 15) is 9.90 Å². The van der Waals surface area contributed by atoms with Crippen LogP contribution < -0.4 is 0 Å². The van der Waals surface area contributed by atoms with E-state index >= 15 is 0 Å². The Morgan fingerprint density at radius 3 is 2.06 bits per heavy atom. The molecule has 0 amide bonds. The second-order valence-corrected chi connectivity index (χ2v) is 11.4. The molecule has 2 aromatic carbocycles. The Labute approximate surface area is 191 Å². The lowest BCUT2D eigenvalue weighted by Crippen LogP contribution is -2.48. The number of ether oxygens (including phenoxy) is 1. The molecule has 0 aromatic heterocycles. The highest BCUT2D eigenvalue weighted by molar-refractivity contribution is 5.87. The lowest BCUT2D eigenvalue weighted by Gasteiger charge is -2.57. The van der Waals surface area contributed by atoms with Crippen molar-refractivity contribution in [3.8, 4) is 16.9 Å². The molecule has 2 aromatic rings. The van der Waals surface area contributed by atoms with Crippen molar-refractivity contribution < 1.29 is 14.6 Å². The molecule has 6 rings (SSSR count). The molecule has 0 radical (unpaired) electrons. The Hall–Kier alpha value is -2.55. The molecule has 0 aliphatic heterocycles. The molecule has 4 fully saturated rings. The molecular formula is C29H34O3. The summed E-state index contributed by atoms with van der Waals surface area (Å²) in [5.41, 5.74) is 4.09. The largest absolute Gasteiger partial charge is 0.508 e. The summed E-state index contributed by atoms with van der Waals surface area (Å²) in [6, 6.07) is 14.4. The fraction of sp³-hybridized carbons (Fsp3) is 0.483. The SMILES string of the molecule is CC(C)(C)OC(=O)/C=C/c1ccc(-c2ccc(O)c(C34CC5CC(CC(C5)C3)C4)c2)cc1. The van der Waals surface area contributed by atoms with Crippen LogP contribution in [0.1, 0.15) is 70.4 Å². The number of rotatable bonds is 4. The predicted octanol–water partition coefficient (Wildman–Crippen LogP) is 6.88. The number of aromatic hydroxyl groups is 1. The van der Waals surface area contributed by atoms with Crippen LogP contribution in [-0.4, -0.2) is 16.7 Å². The number of benzene rings is 2. The van der Waals surface area contributed by atoms with E-state index in [4.69, 9.17) is 4.74 Å². The number of esters is 1. The van der Waals surface area contributed by atoms with Crippen LogP contribution in [0, 0.1) is 17.8 Å². The van der Waals surface area contributed by atoms with Gasteiger partial charge in [0.15, 0.2) is 0 Å². The van der Waals surface area contributed by atoms with Crippen molar-refractivity contribution in [2.45, 2.75) is 70.3 Å². The van der Waals surface area contributed by atoms with Crippen molar-refractivity contribution >= 4 is 12.0 Å². The molecule has 0 heterocycles. The van der Waals surface area contributed by atoms with Gasteiger partial charge in [0.1, 0.15) is 11.4 Å². The van der Waals surface area contributed by atoms with Gasteiger partial charge < -0.3 is 9.84 Å². The van der Waals surface area contributed by atoms with Gasteiger partial charge in [0, 0.05) is 11.6 Å². The van der Waals surface area contributed by atoms with Crippen LogP contribution in [0.5, 0.6) is 5.75 Å². The summed E-state index contributed by atoms with van der Waals surface area (Å²) < 4.78 is 5.33. The highest BCUT2D eigenvalue weighted by Crippen LogP contribution is 2.62. The van der Waals surface area contributed by atoms with Crippen LogP contribution in [0.4, 0.5) is 0 Å². The van der Waals surface area contributed by atoms with Crippen LogP contribution in [0.25, 0.3) is 17.2 Å². The van der Waals surface area contributed by atoms with Gasteiger partial charge in [-0.25, -0.2) is 4.79 Å². The summed E-state index contributed by atoms with van der Waals surface area (Å²) in [4.78, 5) is 11.9. The van der Waals surface area contributed by atoms with Crippen LogP contribution in [-0.2, 0) is 14.9 Å². The van der Waals surface area contributed by atoms with Gasteiger partial charge >= 0.3 is 5.97 Å². The zero-order valence-corrected chi connectivity index (χ0v) is 19.4. The topological polar surface area (TPSA) is 46.5 Å². The molecule has 0 unspecified atom stereocenters. The maximum Gasteiger partial charge on any atom is 0.331 e. The number of carbonyl (C=O) groups is 1. The first-order valence-electron chi connectivity index (χ1n) is 12.0. The van der Waals surface area contributed by atoms with Crippen molar-refractivity contribution in [2.75, 3.05) is 0 Å². The molecule has 3 heteroatoms. The number of hydrogen-bond donors (Lipinski definition) is 1. The minimum absolute atomic E-state index is 0.172. The first kappa shape index (κ1) is 21.3. The fourth-order valence-corrected chi connectivity index (χ4v) is 6.87. The molecule has 4 aliphatic rings. The van der Waals surface area contributed by atoms with E-state index in [0.717, 1.165) is 34.4 Å². The Balaban J connectivity index is 1.37. The second kappa shape index (κ2) is 7.79. The molecule has 32 heavy (non-hydrogen) atoms. The number of phenolic OH excluding ortho intramolecular Hbond substituents is 1. The van der Waals surface area contributed by atoms with Crippen molar-refractivity contribution in [1.82, 2.24) is 0 Å². The maximum absolute atomic E-state index is 11.9. The van der Waals surface area contributed by atoms with Gasteiger partial charge in [-0.1, -0.05) is 30.3 Å². The average molecular weight is 431 g/mol. The zero-order chi connectivity index (χ0) is 22.5. The summed E-state index contributed by atoms with van der Waals surface area (Å²) in [6.45, 7) is 5.59. The lowest BCUT2D eigenvalue weighted by molar-refractivity contribution is -0.148. The van der Waals surface area contributed by atoms with E-state index in [1.165, 1.54) is 50.2 Å². The smallest absolute Gasteiger partial charge is 0.331 e. The Kier molecular flexibility index (Phi) is 5.19. The first-order chi connectivity index (χ1) is 15.2. The highest BCUT2D eigenvalue weighted by atomic mass is 16.6. The first-order valence-corrected chi connectivity index (χ1v) is 12.0. The third-order valence-electron chi connectivity index (χ3n) is 7.67. The van der Waals surface area contributed by atoms with E-state index in [0.29, 0.717) is 5.75 Å². The standard InChI is InChI=1S/C29H34O3/c1-28(2,3)32-27(31)11-6-19-4-7-23(8-5-19)24-9-10-26(30)25(15-24)29-16-20-12-21(17-29)14-22(13-20)18-29/h4-11,15,20-22,30H,12-14,16-18H2,1-3H3/b11-6+. The third kappa shape index (κ3) is 4.22. The van der Waals surface area contributed by atoms with Crippen molar-refractivity contribution in [3.05, 3.63) is 59.7 Å². The lowest BCUT2D eigenvalue weighted by atomic mass is 9.48. The highest BCUT2D eigenvalue weighted by Gasteiger charge is 2.52. The van der Waals surface area contributed by atoms with E-state index in [1.807, 2.05) is 45.0 Å². The van der Waals surface area contributed by atoms with Crippen LogP contribution >= 0.6 is 0 Å². The fourth-order valence-electron chi connectivity index (χ4n) is 6.87. The van der Waals surface area contributed by atoms with Crippen molar-refractivity contribution in [1.29, 1.82) is 0 Å². The molecule has 4 bridgehead atoms. The van der Waals surface area contributed by atoms with Crippen molar-refractivity contribution in [3.63, 3.8) is 0 Å². The van der Waals surface area contributed by atoms with E-state index in [1.54, 1.807) is 6.08 Å². The van der Waals surface area contributed by atoms with Gasteiger partial charge in [-0.2, -0.15) is 0 Å². The van der Waals surface area contributed by atoms with Gasteiger partial charge in [-0.05, 0) is 117 Å². The number of phenols is 1. The summed E-state index contributed by atoms with van der Waals surface area (Å²) in [6.07, 6.45) is 11.2. The minimum Gasteiger partial charge on any atom is -0.508 e. The molecule has 168 valence electrons.